The summed E-state index contributed by atoms with van der Waals surface area (Å²) in [7, 11) is 1.51. The molecule has 0 radical (unpaired) electrons. The van der Waals surface area contributed by atoms with Crippen LogP contribution in [-0.2, 0) is 4.84 Å². The Morgan fingerprint density at radius 2 is 1.91 bits per heavy atom. The van der Waals surface area contributed by atoms with Crippen molar-refractivity contribution in [2.24, 2.45) is 5.16 Å². The lowest BCUT2D eigenvalue weighted by Gasteiger charge is -2.11. The lowest BCUT2D eigenvalue weighted by atomic mass is 9.99. The van der Waals surface area contributed by atoms with E-state index in [0.717, 1.165) is 22.4 Å². The van der Waals surface area contributed by atoms with Gasteiger partial charge >= 0.3 is 0 Å². The van der Waals surface area contributed by atoms with E-state index in [9.17, 15) is 10.2 Å². The van der Waals surface area contributed by atoms with E-state index in [-0.39, 0.29) is 17.6 Å². The lowest BCUT2D eigenvalue weighted by molar-refractivity contribution is 0.0855. The lowest BCUT2D eigenvalue weighted by Crippen LogP contribution is -2.02. The van der Waals surface area contributed by atoms with Crippen LogP contribution in [-0.4, -0.2) is 23.0 Å². The van der Waals surface area contributed by atoms with Crippen LogP contribution in [0.1, 0.15) is 29.2 Å². The number of aryl methyl sites for hydroxylation is 1. The van der Waals surface area contributed by atoms with E-state index in [1.165, 1.54) is 7.11 Å². The maximum absolute atomic E-state index is 9.65. The first-order valence-electron chi connectivity index (χ1n) is 6.98. The predicted molar refractivity (Wildman–Crippen MR) is 82.5 cm³/mol. The maximum Gasteiger partial charge on any atom is 0.160 e. The molecule has 0 saturated heterocycles. The van der Waals surface area contributed by atoms with E-state index < -0.39 is 0 Å². The van der Waals surface area contributed by atoms with Crippen LogP contribution in [0.15, 0.2) is 41.6 Å². The number of rotatable bonds is 3. The molecule has 1 atom stereocenters. The van der Waals surface area contributed by atoms with Gasteiger partial charge in [0.05, 0.1) is 12.8 Å². The van der Waals surface area contributed by atoms with Gasteiger partial charge < -0.3 is 19.8 Å². The molecule has 0 aliphatic carbocycles. The van der Waals surface area contributed by atoms with E-state index in [1.54, 1.807) is 24.3 Å². The molecule has 1 aliphatic rings. The highest BCUT2D eigenvalue weighted by molar-refractivity contribution is 6.01. The van der Waals surface area contributed by atoms with Crippen molar-refractivity contribution in [2.75, 3.05) is 7.11 Å². The predicted octanol–water partition coefficient (Wildman–Crippen LogP) is 3.28. The summed E-state index contributed by atoms with van der Waals surface area (Å²) < 4.78 is 5.11. The highest BCUT2D eigenvalue weighted by Crippen LogP contribution is 2.35. The third-order valence-electron chi connectivity index (χ3n) is 3.77. The second-order valence-electron chi connectivity index (χ2n) is 5.27. The van der Waals surface area contributed by atoms with Crippen molar-refractivity contribution in [1.82, 2.24) is 0 Å². The molecule has 0 bridgehead atoms. The summed E-state index contributed by atoms with van der Waals surface area (Å²) in [5.41, 5.74) is 3.46. The summed E-state index contributed by atoms with van der Waals surface area (Å²) in [6.45, 7) is 1.84. The summed E-state index contributed by atoms with van der Waals surface area (Å²) in [5.74, 6) is 0.776. The fourth-order valence-electron chi connectivity index (χ4n) is 2.46. The molecule has 1 heterocycles. The molecule has 0 amide bonds. The van der Waals surface area contributed by atoms with Crippen LogP contribution < -0.4 is 4.74 Å². The Bertz CT molecular complexity index is 739. The number of hydrogen-bond acceptors (Lipinski definition) is 5. The topological polar surface area (TPSA) is 71.3 Å². The second-order valence-corrected chi connectivity index (χ2v) is 5.27. The van der Waals surface area contributed by atoms with Crippen molar-refractivity contribution in [3.8, 4) is 17.2 Å². The number of ether oxygens (including phenoxy) is 1. The largest absolute Gasteiger partial charge is 0.508 e. The van der Waals surface area contributed by atoms with Gasteiger partial charge in [-0.15, -0.1) is 0 Å². The summed E-state index contributed by atoms with van der Waals surface area (Å²) in [6, 6.07) is 10.5. The van der Waals surface area contributed by atoms with Crippen LogP contribution in [0.2, 0.25) is 0 Å². The Kier molecular flexibility index (Phi) is 3.63. The van der Waals surface area contributed by atoms with Gasteiger partial charge in [0.1, 0.15) is 5.75 Å². The minimum absolute atomic E-state index is 0.0968. The molecular weight excluding hydrogens is 282 g/mol. The molecule has 3 rings (SSSR count). The first kappa shape index (κ1) is 14.3. The monoisotopic (exact) mass is 299 g/mol. The smallest absolute Gasteiger partial charge is 0.160 e. The molecule has 1 aliphatic heterocycles. The molecule has 22 heavy (non-hydrogen) atoms. The van der Waals surface area contributed by atoms with E-state index >= 15 is 0 Å². The van der Waals surface area contributed by atoms with Crippen molar-refractivity contribution in [2.45, 2.75) is 19.4 Å². The van der Waals surface area contributed by atoms with Gasteiger partial charge in [-0.2, -0.15) is 0 Å². The van der Waals surface area contributed by atoms with Crippen molar-refractivity contribution in [3.63, 3.8) is 0 Å². The van der Waals surface area contributed by atoms with Gasteiger partial charge in [0.15, 0.2) is 17.6 Å². The number of methoxy groups -OCH3 is 1. The number of phenols is 2. The minimum Gasteiger partial charge on any atom is -0.508 e. The molecule has 0 fully saturated rings. The average molecular weight is 299 g/mol. The zero-order valence-corrected chi connectivity index (χ0v) is 12.4. The summed E-state index contributed by atoms with van der Waals surface area (Å²) in [5, 5.41) is 23.4. The van der Waals surface area contributed by atoms with E-state index in [2.05, 4.69) is 5.16 Å². The van der Waals surface area contributed by atoms with Crippen LogP contribution in [0.3, 0.4) is 0 Å². The Balaban J connectivity index is 1.80. The third kappa shape index (κ3) is 2.57. The normalized spacial score (nSPS) is 17.0. The number of benzene rings is 2. The van der Waals surface area contributed by atoms with Crippen LogP contribution in [0, 0.1) is 6.92 Å². The molecular formula is C17H17NO4. The number of oxime groups is 1. The second kappa shape index (κ2) is 5.60. The van der Waals surface area contributed by atoms with Gasteiger partial charge in [0.2, 0.25) is 0 Å². The van der Waals surface area contributed by atoms with E-state index in [4.69, 9.17) is 9.57 Å². The first-order chi connectivity index (χ1) is 10.6. The molecule has 0 saturated carbocycles. The molecule has 114 valence electrons. The number of hydrogen-bond donors (Lipinski definition) is 2. The first-order valence-corrected chi connectivity index (χ1v) is 6.98. The SMILES string of the molecule is COc1cc(C2CC(c3ccc(O)c(C)c3)=NO2)ccc1O. The van der Waals surface area contributed by atoms with Crippen molar-refractivity contribution in [1.29, 1.82) is 0 Å². The van der Waals surface area contributed by atoms with Gasteiger partial charge in [0, 0.05) is 6.42 Å². The fraction of sp³-hybridized carbons (Fsp3) is 0.235. The van der Waals surface area contributed by atoms with Gasteiger partial charge in [0.25, 0.3) is 0 Å². The molecule has 5 nitrogen and oxygen atoms in total. The van der Waals surface area contributed by atoms with Crippen LogP contribution in [0.25, 0.3) is 0 Å². The van der Waals surface area contributed by atoms with E-state index in [0.29, 0.717) is 12.2 Å². The van der Waals surface area contributed by atoms with Crippen molar-refractivity contribution < 1.29 is 19.8 Å². The van der Waals surface area contributed by atoms with Crippen molar-refractivity contribution in [3.05, 3.63) is 53.1 Å². The standard InChI is InChI=1S/C17H17NO4/c1-10-7-11(3-5-14(10)19)13-9-16(22-18-13)12-4-6-15(20)17(8-12)21-2/h3-8,16,19-20H,9H2,1-2H3. The molecule has 5 heteroatoms. The number of nitrogens with zero attached hydrogens (tertiary/aromatic N) is 1. The minimum atomic E-state index is -0.210. The van der Waals surface area contributed by atoms with E-state index in [1.807, 2.05) is 19.1 Å². The maximum atomic E-state index is 9.65. The summed E-state index contributed by atoms with van der Waals surface area (Å²) >= 11 is 0. The summed E-state index contributed by atoms with van der Waals surface area (Å²) in [4.78, 5) is 5.50. The Morgan fingerprint density at radius 3 is 2.64 bits per heavy atom. The van der Waals surface area contributed by atoms with Gasteiger partial charge in [-0.05, 0) is 53.9 Å². The quantitative estimate of drug-likeness (QED) is 0.912. The number of phenolic OH excluding ortho intramolecular Hbond substituents is 2. The van der Waals surface area contributed by atoms with Gasteiger partial charge in [-0.25, -0.2) is 0 Å². The zero-order valence-electron chi connectivity index (χ0n) is 12.4. The Labute approximate surface area is 128 Å². The fourth-order valence-corrected chi connectivity index (χ4v) is 2.46. The Morgan fingerprint density at radius 1 is 1.14 bits per heavy atom. The van der Waals surface area contributed by atoms with Crippen LogP contribution >= 0.6 is 0 Å². The molecule has 2 aromatic carbocycles. The third-order valence-corrected chi connectivity index (χ3v) is 3.77. The zero-order chi connectivity index (χ0) is 15.7. The molecule has 0 spiro atoms. The number of aromatic hydroxyl groups is 2. The Hall–Kier alpha value is -2.69. The molecule has 1 unspecified atom stereocenters. The highest BCUT2D eigenvalue weighted by Gasteiger charge is 2.25. The molecule has 2 aromatic rings. The van der Waals surface area contributed by atoms with Crippen LogP contribution in [0.5, 0.6) is 17.2 Å². The van der Waals surface area contributed by atoms with Crippen molar-refractivity contribution >= 4 is 5.71 Å². The molecule has 0 aromatic heterocycles. The average Bonchev–Trinajstić information content (AvgIpc) is 3.00. The molecule has 2 N–H and O–H groups in total. The summed E-state index contributed by atoms with van der Waals surface area (Å²) in [6.07, 6.45) is 0.414. The van der Waals surface area contributed by atoms with Gasteiger partial charge in [-0.3, -0.25) is 0 Å². The highest BCUT2D eigenvalue weighted by atomic mass is 16.6. The van der Waals surface area contributed by atoms with Gasteiger partial charge in [-0.1, -0.05) is 11.2 Å². The van der Waals surface area contributed by atoms with Crippen LogP contribution in [0.4, 0.5) is 0 Å².